The number of ether oxygens (including phenoxy) is 8. The maximum Gasteiger partial charge on any atom is 0.229 e. The summed E-state index contributed by atoms with van der Waals surface area (Å²) in [4.78, 5) is 30.1. The van der Waals surface area contributed by atoms with Crippen LogP contribution in [-0.2, 0) is 64.9 Å². The van der Waals surface area contributed by atoms with Crippen LogP contribution < -0.4 is 15.1 Å². The monoisotopic (exact) mass is 1050 g/mol. The molecule has 3 heterocycles. The lowest BCUT2D eigenvalue weighted by atomic mass is 9.81. The Morgan fingerprint density at radius 2 is 1.14 bits per heavy atom. The summed E-state index contributed by atoms with van der Waals surface area (Å²) in [5.74, 6) is 6.20. The van der Waals surface area contributed by atoms with Crippen LogP contribution in [0.1, 0.15) is 68.4 Å². The van der Waals surface area contributed by atoms with Gasteiger partial charge in [0.2, 0.25) is 17.5 Å². The van der Waals surface area contributed by atoms with Gasteiger partial charge in [-0.1, -0.05) is 111 Å². The van der Waals surface area contributed by atoms with Gasteiger partial charge in [-0.25, -0.2) is 0 Å². The predicted molar refractivity (Wildman–Crippen MR) is 302 cm³/mol. The van der Waals surface area contributed by atoms with Gasteiger partial charge in [-0.2, -0.15) is 4.58 Å². The lowest BCUT2D eigenvalue weighted by Crippen LogP contribution is -2.35. The molecule has 0 radical (unpaired) electrons. The lowest BCUT2D eigenvalue weighted by Gasteiger charge is -2.27. The standard InChI is InChI=1S/C63H78N4O10/c1-62(2)53-20-12-15-23-56(53)65(32-35-72-40-43-76-46-45-74-38-37-70-5)58(62)25-7-6-8-26-59-63(3,4)54-21-13-16-24-57(54)66(59)33-36-73-41-44-77-48-47-75-42-39-71-34-30-60(68)64-31-29-61(69)67-49-52-19-10-9-17-50(52)27-28-51-18-11-14-22-55(51)67/h6-26H,29-49H2,1-5H3/p+1. The van der Waals surface area contributed by atoms with Crippen LogP contribution in [0.3, 0.4) is 0 Å². The van der Waals surface area contributed by atoms with Gasteiger partial charge in [0.25, 0.3) is 0 Å². The van der Waals surface area contributed by atoms with Crippen molar-refractivity contribution in [3.63, 3.8) is 0 Å². The quantitative estimate of drug-likeness (QED) is 0.0214. The first kappa shape index (κ1) is 58.4. The third-order valence-electron chi connectivity index (χ3n) is 13.8. The molecule has 0 aliphatic carbocycles. The minimum atomic E-state index is -0.188. The number of anilines is 2. The summed E-state index contributed by atoms with van der Waals surface area (Å²) in [6, 6.07) is 32.8. The molecule has 3 aliphatic heterocycles. The summed E-state index contributed by atoms with van der Waals surface area (Å²) in [7, 11) is 1.66. The van der Waals surface area contributed by atoms with Gasteiger partial charge >= 0.3 is 0 Å². The number of para-hydroxylation sites is 3. The van der Waals surface area contributed by atoms with Gasteiger partial charge in [0, 0.05) is 78.7 Å². The van der Waals surface area contributed by atoms with Crippen molar-refractivity contribution >= 4 is 34.6 Å². The molecular weight excluding hydrogens is 973 g/mol. The fourth-order valence-electron chi connectivity index (χ4n) is 9.78. The van der Waals surface area contributed by atoms with E-state index in [2.05, 4.69) is 133 Å². The van der Waals surface area contributed by atoms with E-state index in [1.165, 1.54) is 33.9 Å². The minimum absolute atomic E-state index is 0.0804. The predicted octanol–water partition coefficient (Wildman–Crippen LogP) is 8.46. The number of benzene rings is 4. The summed E-state index contributed by atoms with van der Waals surface area (Å²) >= 11 is 0. The number of rotatable bonds is 33. The van der Waals surface area contributed by atoms with E-state index < -0.39 is 0 Å². The first-order chi connectivity index (χ1) is 37.6. The van der Waals surface area contributed by atoms with E-state index in [1.54, 1.807) is 12.0 Å². The average Bonchev–Trinajstić information content (AvgIpc) is 3.82. The SMILES string of the molecule is COCCOCCOCCOCC[N+]1=C(\C=C/C=C\C=C2\N(CCOCCOCCOCCOCCC(=O)NCCC(=O)N3Cc4ccccc4C#Cc4ccccc43)c3ccccc3C2(C)C)C(C)(C)c2ccccc21. The smallest absolute Gasteiger partial charge is 0.229 e. The molecule has 2 amide bonds. The zero-order valence-electron chi connectivity index (χ0n) is 45.9. The highest BCUT2D eigenvalue weighted by molar-refractivity contribution is 6.03. The fraction of sp³-hybridized carbons (Fsp3) is 0.444. The molecule has 7 rings (SSSR count). The maximum absolute atomic E-state index is 13.4. The van der Waals surface area contributed by atoms with Gasteiger partial charge in [-0.3, -0.25) is 9.59 Å². The van der Waals surface area contributed by atoms with Gasteiger partial charge < -0.3 is 53.0 Å². The molecule has 14 nitrogen and oxygen atoms in total. The third kappa shape index (κ3) is 16.6. The molecule has 0 bridgehead atoms. The number of nitrogens with zero attached hydrogens (tertiary/aromatic N) is 3. The van der Waals surface area contributed by atoms with Crippen LogP contribution in [0.15, 0.2) is 133 Å². The largest absolute Gasteiger partial charge is 0.382 e. The highest BCUT2D eigenvalue weighted by Gasteiger charge is 2.44. The number of fused-ring (bicyclic) bond motifs is 4. The van der Waals surface area contributed by atoms with Crippen molar-refractivity contribution in [2.24, 2.45) is 0 Å². The molecular formula is C63H79N4O10+. The zero-order chi connectivity index (χ0) is 54.1. The molecule has 0 atom stereocenters. The number of hydrogen-bond donors (Lipinski definition) is 1. The van der Waals surface area contributed by atoms with Crippen molar-refractivity contribution in [3.8, 4) is 11.8 Å². The van der Waals surface area contributed by atoms with E-state index in [9.17, 15) is 9.59 Å². The van der Waals surface area contributed by atoms with Crippen molar-refractivity contribution in [2.45, 2.75) is 57.9 Å². The Morgan fingerprint density at radius 3 is 1.84 bits per heavy atom. The maximum atomic E-state index is 13.4. The number of allylic oxidation sites excluding steroid dienone is 6. The van der Waals surface area contributed by atoms with Crippen LogP contribution >= 0.6 is 0 Å². The molecule has 3 aliphatic rings. The van der Waals surface area contributed by atoms with Crippen molar-refractivity contribution in [3.05, 3.63) is 161 Å². The number of hydrogen-bond acceptors (Lipinski definition) is 11. The van der Waals surface area contributed by atoms with Crippen molar-refractivity contribution < 1.29 is 52.1 Å². The Kier molecular flexibility index (Phi) is 23.2. The first-order valence-electron chi connectivity index (χ1n) is 27.1. The summed E-state index contributed by atoms with van der Waals surface area (Å²) in [5.41, 5.74) is 10.6. The molecule has 410 valence electrons. The second kappa shape index (κ2) is 30.6. The highest BCUT2D eigenvalue weighted by Crippen LogP contribution is 2.47. The number of amides is 2. The van der Waals surface area contributed by atoms with Crippen LogP contribution in [-0.4, -0.2) is 148 Å². The minimum Gasteiger partial charge on any atom is -0.382 e. The summed E-state index contributed by atoms with van der Waals surface area (Å²) in [6.45, 7) is 18.4. The van der Waals surface area contributed by atoms with Gasteiger partial charge in [0.15, 0.2) is 12.3 Å². The summed E-state index contributed by atoms with van der Waals surface area (Å²) in [5, 5.41) is 2.85. The Hall–Kier alpha value is -6.25. The van der Waals surface area contributed by atoms with Gasteiger partial charge in [0.05, 0.1) is 110 Å². The van der Waals surface area contributed by atoms with E-state index in [1.807, 2.05) is 48.5 Å². The highest BCUT2D eigenvalue weighted by atomic mass is 16.6. The van der Waals surface area contributed by atoms with Crippen molar-refractivity contribution in [1.29, 1.82) is 0 Å². The molecule has 0 saturated carbocycles. The molecule has 0 aromatic heterocycles. The molecule has 14 heteroatoms. The molecule has 4 aromatic rings. The van der Waals surface area contributed by atoms with Crippen molar-refractivity contribution in [2.75, 3.05) is 136 Å². The molecule has 0 fully saturated rings. The Morgan fingerprint density at radius 1 is 0.584 bits per heavy atom. The molecule has 4 aromatic carbocycles. The van der Waals surface area contributed by atoms with Crippen LogP contribution in [0.5, 0.6) is 0 Å². The topological polar surface area (TPSA) is 130 Å². The van der Waals surface area contributed by atoms with Crippen LogP contribution in [0, 0.1) is 11.8 Å². The van der Waals surface area contributed by atoms with Crippen LogP contribution in [0.2, 0.25) is 0 Å². The molecule has 0 spiro atoms. The summed E-state index contributed by atoms with van der Waals surface area (Å²) < 4.78 is 47.7. The molecule has 77 heavy (non-hydrogen) atoms. The number of carbonyl (C=O) groups is 2. The molecule has 0 saturated heterocycles. The van der Waals surface area contributed by atoms with Gasteiger partial charge in [-0.05, 0) is 55.3 Å². The molecule has 1 N–H and O–H groups in total. The van der Waals surface area contributed by atoms with Gasteiger partial charge in [0.1, 0.15) is 6.61 Å². The van der Waals surface area contributed by atoms with E-state index in [-0.39, 0.29) is 48.6 Å². The van der Waals surface area contributed by atoms with E-state index in [0.717, 1.165) is 28.9 Å². The van der Waals surface area contributed by atoms with Crippen LogP contribution in [0.4, 0.5) is 17.1 Å². The van der Waals surface area contributed by atoms with E-state index in [0.29, 0.717) is 106 Å². The Labute approximate surface area is 456 Å². The van der Waals surface area contributed by atoms with Crippen LogP contribution in [0.25, 0.3) is 0 Å². The first-order valence-corrected chi connectivity index (χ1v) is 27.1. The zero-order valence-corrected chi connectivity index (χ0v) is 45.9. The van der Waals surface area contributed by atoms with Gasteiger partial charge in [-0.15, -0.1) is 0 Å². The lowest BCUT2D eigenvalue weighted by molar-refractivity contribution is -0.442. The second-order valence-corrected chi connectivity index (χ2v) is 19.8. The number of methoxy groups -OCH3 is 1. The van der Waals surface area contributed by atoms with E-state index >= 15 is 0 Å². The molecule has 0 unspecified atom stereocenters. The normalized spacial score (nSPS) is 15.6. The number of carbonyl (C=O) groups excluding carboxylic acids is 2. The second-order valence-electron chi connectivity index (χ2n) is 19.8. The fourth-order valence-corrected chi connectivity index (χ4v) is 9.78. The number of nitrogens with one attached hydrogen (secondary N) is 1. The summed E-state index contributed by atoms with van der Waals surface area (Å²) in [6.07, 6.45) is 11.2. The Balaban J connectivity index is 0.764. The average molecular weight is 1050 g/mol. The third-order valence-corrected chi connectivity index (χ3v) is 13.8. The van der Waals surface area contributed by atoms with Crippen molar-refractivity contribution in [1.82, 2.24) is 5.32 Å². The van der Waals surface area contributed by atoms with E-state index in [4.69, 9.17) is 37.9 Å². The Bertz CT molecular complexity index is 2730.